The predicted molar refractivity (Wildman–Crippen MR) is 91.1 cm³/mol. The van der Waals surface area contributed by atoms with Crippen LogP contribution in [0.3, 0.4) is 0 Å². The number of nitrogens with zero attached hydrogens (tertiary/aromatic N) is 1. The second-order valence-electron chi connectivity index (χ2n) is 5.98. The molecule has 2 heterocycles. The van der Waals surface area contributed by atoms with Crippen molar-refractivity contribution in [1.82, 2.24) is 4.98 Å². The van der Waals surface area contributed by atoms with Crippen molar-refractivity contribution in [2.45, 2.75) is 19.0 Å². The van der Waals surface area contributed by atoms with E-state index in [1.165, 1.54) is 30.5 Å². The number of ether oxygens (including phenoxy) is 1. The van der Waals surface area contributed by atoms with Crippen LogP contribution >= 0.6 is 0 Å². The van der Waals surface area contributed by atoms with Gasteiger partial charge in [0.1, 0.15) is 5.82 Å². The van der Waals surface area contributed by atoms with Gasteiger partial charge >= 0.3 is 6.18 Å². The zero-order valence-corrected chi connectivity index (χ0v) is 13.8. The van der Waals surface area contributed by atoms with E-state index in [0.717, 1.165) is 6.07 Å². The highest BCUT2D eigenvalue weighted by molar-refractivity contribution is 5.92. The summed E-state index contributed by atoms with van der Waals surface area (Å²) in [6.45, 7) is 1.13. The maximum absolute atomic E-state index is 13.0. The van der Waals surface area contributed by atoms with Crippen LogP contribution in [-0.2, 0) is 15.7 Å². The van der Waals surface area contributed by atoms with Crippen LogP contribution in [0.4, 0.5) is 30.4 Å². The van der Waals surface area contributed by atoms with Crippen molar-refractivity contribution in [1.29, 1.82) is 0 Å². The summed E-state index contributed by atoms with van der Waals surface area (Å²) in [6.07, 6.45) is -1.70. The van der Waals surface area contributed by atoms with E-state index in [0.29, 0.717) is 31.7 Å². The average Bonchev–Trinajstić information content (AvgIpc) is 2.63. The molecule has 2 aromatic rings. The molecule has 1 aromatic carbocycles. The Kier molecular flexibility index (Phi) is 5.41. The number of para-hydroxylation sites is 1. The molecular weight excluding hydrogens is 347 g/mol. The number of hydrogen-bond donors (Lipinski definition) is 2. The highest BCUT2D eigenvalue weighted by Crippen LogP contribution is 2.35. The Labute approximate surface area is 148 Å². The second kappa shape index (κ2) is 7.74. The standard InChI is InChI=1S/C18H18F3N3O2/c19-18(20,21)14-3-1-2-4-15(14)24-16-6-5-13(11-22-16)23-17(25)12-7-9-26-10-8-12/h1-6,11-12H,7-10H2,(H,22,24)(H,23,25). The summed E-state index contributed by atoms with van der Waals surface area (Å²) < 4.78 is 44.3. The lowest BCUT2D eigenvalue weighted by Gasteiger charge is -2.21. The Morgan fingerprint density at radius 1 is 1.12 bits per heavy atom. The molecule has 1 aliphatic rings. The number of carbonyl (C=O) groups excluding carboxylic acids is 1. The lowest BCUT2D eigenvalue weighted by molar-refractivity contribution is -0.137. The number of anilines is 3. The number of carbonyl (C=O) groups is 1. The van der Waals surface area contributed by atoms with E-state index in [1.54, 1.807) is 6.07 Å². The van der Waals surface area contributed by atoms with Crippen molar-refractivity contribution in [3.05, 3.63) is 48.2 Å². The van der Waals surface area contributed by atoms with E-state index >= 15 is 0 Å². The third kappa shape index (κ3) is 4.51. The largest absolute Gasteiger partial charge is 0.418 e. The van der Waals surface area contributed by atoms with Gasteiger partial charge in [-0.25, -0.2) is 4.98 Å². The van der Waals surface area contributed by atoms with Crippen molar-refractivity contribution in [3.63, 3.8) is 0 Å². The molecule has 1 saturated heterocycles. The molecule has 1 aliphatic heterocycles. The van der Waals surface area contributed by atoms with Crippen LogP contribution < -0.4 is 10.6 Å². The maximum Gasteiger partial charge on any atom is 0.418 e. The van der Waals surface area contributed by atoms with Crippen molar-refractivity contribution in [2.24, 2.45) is 5.92 Å². The number of benzene rings is 1. The molecule has 0 aliphatic carbocycles. The van der Waals surface area contributed by atoms with Gasteiger partial charge in [0.25, 0.3) is 0 Å². The molecule has 0 unspecified atom stereocenters. The zero-order chi connectivity index (χ0) is 18.6. The smallest absolute Gasteiger partial charge is 0.381 e. The maximum atomic E-state index is 13.0. The number of hydrogen-bond acceptors (Lipinski definition) is 4. The Bertz CT molecular complexity index is 757. The van der Waals surface area contributed by atoms with Crippen molar-refractivity contribution < 1.29 is 22.7 Å². The van der Waals surface area contributed by atoms with Crippen LogP contribution in [0.2, 0.25) is 0 Å². The summed E-state index contributed by atoms with van der Waals surface area (Å²) in [5, 5.41) is 5.44. The molecule has 5 nitrogen and oxygen atoms in total. The molecule has 0 radical (unpaired) electrons. The molecule has 0 atom stereocenters. The van der Waals surface area contributed by atoms with Gasteiger partial charge in [0.15, 0.2) is 0 Å². The Morgan fingerprint density at radius 3 is 2.50 bits per heavy atom. The van der Waals surface area contributed by atoms with Crippen LogP contribution in [0.25, 0.3) is 0 Å². The van der Waals surface area contributed by atoms with Crippen LogP contribution in [0.1, 0.15) is 18.4 Å². The SMILES string of the molecule is O=C(Nc1ccc(Nc2ccccc2C(F)(F)F)nc1)C1CCOCC1. The van der Waals surface area contributed by atoms with Crippen LogP contribution in [0, 0.1) is 5.92 Å². The van der Waals surface area contributed by atoms with Gasteiger partial charge in [-0.2, -0.15) is 13.2 Å². The van der Waals surface area contributed by atoms with Gasteiger partial charge in [0, 0.05) is 19.1 Å². The summed E-state index contributed by atoms with van der Waals surface area (Å²) in [7, 11) is 0. The molecule has 1 aromatic heterocycles. The molecule has 8 heteroatoms. The molecule has 1 fully saturated rings. The summed E-state index contributed by atoms with van der Waals surface area (Å²) in [5.41, 5.74) is -0.346. The van der Waals surface area contributed by atoms with Gasteiger partial charge in [-0.15, -0.1) is 0 Å². The first-order valence-electron chi connectivity index (χ1n) is 8.21. The number of nitrogens with one attached hydrogen (secondary N) is 2. The molecule has 0 spiro atoms. The third-order valence-electron chi connectivity index (χ3n) is 4.12. The Balaban J connectivity index is 1.66. The first-order valence-corrected chi connectivity index (χ1v) is 8.21. The molecule has 0 saturated carbocycles. The minimum absolute atomic E-state index is 0.0773. The monoisotopic (exact) mass is 365 g/mol. The van der Waals surface area contributed by atoms with E-state index in [9.17, 15) is 18.0 Å². The summed E-state index contributed by atoms with van der Waals surface area (Å²) in [6, 6.07) is 8.31. The first kappa shape index (κ1) is 18.2. The van der Waals surface area contributed by atoms with Crippen molar-refractivity contribution in [2.75, 3.05) is 23.8 Å². The second-order valence-corrected chi connectivity index (χ2v) is 5.98. The number of pyridine rings is 1. The highest BCUT2D eigenvalue weighted by atomic mass is 19.4. The number of aromatic nitrogens is 1. The van der Waals surface area contributed by atoms with E-state index < -0.39 is 11.7 Å². The van der Waals surface area contributed by atoms with Crippen molar-refractivity contribution >= 4 is 23.1 Å². The minimum Gasteiger partial charge on any atom is -0.381 e. The Hall–Kier alpha value is -2.61. The lowest BCUT2D eigenvalue weighted by atomic mass is 9.99. The van der Waals surface area contributed by atoms with E-state index in [-0.39, 0.29) is 23.3 Å². The number of amides is 1. The van der Waals surface area contributed by atoms with E-state index in [2.05, 4.69) is 15.6 Å². The van der Waals surface area contributed by atoms with Gasteiger partial charge in [0.2, 0.25) is 5.91 Å². The summed E-state index contributed by atoms with van der Waals surface area (Å²) in [5.74, 6) is 0.0594. The molecule has 3 rings (SSSR count). The average molecular weight is 365 g/mol. The molecular formula is C18H18F3N3O2. The normalized spacial score (nSPS) is 15.5. The van der Waals surface area contributed by atoms with Gasteiger partial charge < -0.3 is 15.4 Å². The van der Waals surface area contributed by atoms with Crippen molar-refractivity contribution in [3.8, 4) is 0 Å². The number of alkyl halides is 3. The summed E-state index contributed by atoms with van der Waals surface area (Å²) >= 11 is 0. The number of rotatable bonds is 4. The molecule has 26 heavy (non-hydrogen) atoms. The van der Waals surface area contributed by atoms with Crippen LogP contribution in [-0.4, -0.2) is 24.1 Å². The van der Waals surface area contributed by atoms with Gasteiger partial charge in [-0.1, -0.05) is 12.1 Å². The molecule has 1 amide bonds. The quantitative estimate of drug-likeness (QED) is 0.852. The first-order chi connectivity index (χ1) is 12.4. The topological polar surface area (TPSA) is 63.2 Å². The molecule has 2 N–H and O–H groups in total. The van der Waals surface area contributed by atoms with Crippen LogP contribution in [0.5, 0.6) is 0 Å². The van der Waals surface area contributed by atoms with E-state index in [4.69, 9.17) is 4.74 Å². The van der Waals surface area contributed by atoms with Gasteiger partial charge in [-0.3, -0.25) is 4.79 Å². The zero-order valence-electron chi connectivity index (χ0n) is 13.8. The highest BCUT2D eigenvalue weighted by Gasteiger charge is 2.33. The fourth-order valence-electron chi connectivity index (χ4n) is 2.72. The lowest BCUT2D eigenvalue weighted by Crippen LogP contribution is -2.28. The fourth-order valence-corrected chi connectivity index (χ4v) is 2.72. The fraction of sp³-hybridized carbons (Fsp3) is 0.333. The molecule has 0 bridgehead atoms. The van der Waals surface area contributed by atoms with E-state index in [1.807, 2.05) is 0 Å². The third-order valence-corrected chi connectivity index (χ3v) is 4.12. The minimum atomic E-state index is -4.46. The van der Waals surface area contributed by atoms with Gasteiger partial charge in [-0.05, 0) is 37.1 Å². The number of halogens is 3. The summed E-state index contributed by atoms with van der Waals surface area (Å²) in [4.78, 5) is 16.2. The Morgan fingerprint density at radius 2 is 1.85 bits per heavy atom. The molecule has 138 valence electrons. The van der Waals surface area contributed by atoms with Gasteiger partial charge in [0.05, 0.1) is 23.1 Å². The predicted octanol–water partition coefficient (Wildman–Crippen LogP) is 4.21. The van der Waals surface area contributed by atoms with Crippen LogP contribution in [0.15, 0.2) is 42.6 Å².